The van der Waals surface area contributed by atoms with E-state index in [0.717, 1.165) is 13.1 Å². The number of hydrogen-bond acceptors (Lipinski definition) is 3. The van der Waals surface area contributed by atoms with Crippen LogP contribution < -0.4 is 10.1 Å². The number of anilines is 1. The molecule has 0 aliphatic carbocycles. The van der Waals surface area contributed by atoms with Gasteiger partial charge in [0.05, 0.1) is 0 Å². The Balaban J connectivity index is 2.94. The molecular weight excluding hydrogens is 230 g/mol. The number of rotatable bonds is 6. The molecule has 0 radical (unpaired) electrons. The zero-order valence-electron chi connectivity index (χ0n) is 11.5. The van der Waals surface area contributed by atoms with Crippen LogP contribution in [0.15, 0.2) is 24.3 Å². The molecule has 1 aromatic carbocycles. The first-order chi connectivity index (χ1) is 8.11. The van der Waals surface area contributed by atoms with Gasteiger partial charge in [0.15, 0.2) is 0 Å². The summed E-state index contributed by atoms with van der Waals surface area (Å²) in [5.41, 5.74) is 1.25. The summed E-state index contributed by atoms with van der Waals surface area (Å²) < 4.78 is 11.1. The number of hydrogen-bond donors (Lipinski definition) is 0. The topological polar surface area (TPSA) is 21.7 Å². The Kier molecular flexibility index (Phi) is 5.18. The van der Waals surface area contributed by atoms with E-state index in [2.05, 4.69) is 49.6 Å². The van der Waals surface area contributed by atoms with Crippen LogP contribution in [0.2, 0.25) is 6.55 Å². The van der Waals surface area contributed by atoms with Crippen LogP contribution in [-0.2, 0) is 8.85 Å². The second kappa shape index (κ2) is 6.19. The zero-order valence-corrected chi connectivity index (χ0v) is 12.5. The van der Waals surface area contributed by atoms with E-state index in [0.29, 0.717) is 0 Å². The van der Waals surface area contributed by atoms with Gasteiger partial charge in [-0.2, -0.15) is 0 Å². The smallest absolute Gasteiger partial charge is 0.368 e. The highest BCUT2D eigenvalue weighted by molar-refractivity contribution is 6.79. The maximum atomic E-state index is 5.53. The van der Waals surface area contributed by atoms with Crippen LogP contribution in [0, 0.1) is 0 Å². The van der Waals surface area contributed by atoms with Crippen molar-refractivity contribution in [2.45, 2.75) is 20.4 Å². The predicted molar refractivity (Wildman–Crippen MR) is 75.3 cm³/mol. The molecule has 0 aliphatic rings. The van der Waals surface area contributed by atoms with Crippen LogP contribution in [0.25, 0.3) is 0 Å². The fraction of sp³-hybridized carbons (Fsp3) is 0.538. The standard InChI is InChI=1S/C13H23NO2Si/c1-6-14(7-2)12-8-10-13(11-9-12)17(5,15-3)16-4/h8-11H,6-7H2,1-5H3. The summed E-state index contributed by atoms with van der Waals surface area (Å²) >= 11 is 0. The molecule has 17 heavy (non-hydrogen) atoms. The van der Waals surface area contributed by atoms with Gasteiger partial charge < -0.3 is 13.8 Å². The van der Waals surface area contributed by atoms with Gasteiger partial charge in [-0.05, 0) is 37.7 Å². The predicted octanol–water partition coefficient (Wildman–Crippen LogP) is 2.10. The second-order valence-corrected chi connectivity index (χ2v) is 7.36. The van der Waals surface area contributed by atoms with Crippen LogP contribution in [0.3, 0.4) is 0 Å². The molecule has 0 N–H and O–H groups in total. The summed E-state index contributed by atoms with van der Waals surface area (Å²) in [7, 11) is 1.26. The van der Waals surface area contributed by atoms with E-state index < -0.39 is 8.56 Å². The average Bonchev–Trinajstić information content (AvgIpc) is 2.40. The second-order valence-electron chi connectivity index (χ2n) is 4.07. The van der Waals surface area contributed by atoms with Crippen molar-refractivity contribution in [3.05, 3.63) is 24.3 Å². The maximum absolute atomic E-state index is 5.53. The SMILES string of the molecule is CCN(CC)c1ccc([Si](C)(OC)OC)cc1. The summed E-state index contributed by atoms with van der Waals surface area (Å²) in [4.78, 5) is 2.32. The van der Waals surface area contributed by atoms with Crippen molar-refractivity contribution < 1.29 is 8.85 Å². The Bertz CT molecular complexity index is 332. The summed E-state index contributed by atoms with van der Waals surface area (Å²) in [6.45, 7) is 8.44. The summed E-state index contributed by atoms with van der Waals surface area (Å²) in [5.74, 6) is 0. The lowest BCUT2D eigenvalue weighted by Gasteiger charge is -2.25. The van der Waals surface area contributed by atoms with E-state index in [9.17, 15) is 0 Å². The van der Waals surface area contributed by atoms with Crippen LogP contribution in [0.5, 0.6) is 0 Å². The van der Waals surface area contributed by atoms with E-state index >= 15 is 0 Å². The third-order valence-electron chi connectivity index (χ3n) is 3.30. The average molecular weight is 253 g/mol. The van der Waals surface area contributed by atoms with Gasteiger partial charge in [-0.1, -0.05) is 12.1 Å². The van der Waals surface area contributed by atoms with Gasteiger partial charge in [-0.15, -0.1) is 0 Å². The highest BCUT2D eigenvalue weighted by atomic mass is 28.4. The molecule has 0 atom stereocenters. The molecule has 0 saturated heterocycles. The normalized spacial score (nSPS) is 11.6. The Morgan fingerprint density at radius 3 is 1.82 bits per heavy atom. The fourth-order valence-electron chi connectivity index (χ4n) is 1.88. The summed E-state index contributed by atoms with van der Waals surface area (Å²) in [6.07, 6.45) is 0. The minimum atomic E-state index is -2.17. The lowest BCUT2D eigenvalue weighted by Crippen LogP contribution is -2.49. The van der Waals surface area contributed by atoms with Gasteiger partial charge in [0.1, 0.15) is 0 Å². The zero-order chi connectivity index (χ0) is 12.9. The van der Waals surface area contributed by atoms with E-state index in [1.165, 1.54) is 10.9 Å². The quantitative estimate of drug-likeness (QED) is 0.725. The van der Waals surface area contributed by atoms with Crippen molar-refractivity contribution in [1.29, 1.82) is 0 Å². The molecule has 0 saturated carbocycles. The van der Waals surface area contributed by atoms with Crippen LogP contribution in [0.4, 0.5) is 5.69 Å². The molecule has 0 spiro atoms. The van der Waals surface area contributed by atoms with Crippen LogP contribution in [-0.4, -0.2) is 35.9 Å². The molecule has 1 rings (SSSR count). The molecule has 0 aromatic heterocycles. The van der Waals surface area contributed by atoms with E-state index in [4.69, 9.17) is 8.85 Å². The Hall–Kier alpha value is -0.843. The molecule has 96 valence electrons. The highest BCUT2D eigenvalue weighted by Crippen LogP contribution is 2.14. The fourth-order valence-corrected chi connectivity index (χ4v) is 3.29. The van der Waals surface area contributed by atoms with Crippen LogP contribution >= 0.6 is 0 Å². The number of nitrogens with zero attached hydrogens (tertiary/aromatic N) is 1. The summed E-state index contributed by atoms with van der Waals surface area (Å²) in [6, 6.07) is 8.52. The van der Waals surface area contributed by atoms with Gasteiger partial charge in [0.2, 0.25) is 0 Å². The third kappa shape index (κ3) is 3.09. The first kappa shape index (κ1) is 14.2. The molecule has 4 heteroatoms. The molecule has 0 fully saturated rings. The highest BCUT2D eigenvalue weighted by Gasteiger charge is 2.31. The lowest BCUT2D eigenvalue weighted by atomic mass is 10.3. The minimum Gasteiger partial charge on any atom is -0.394 e. The van der Waals surface area contributed by atoms with E-state index in [1.807, 2.05) is 0 Å². The monoisotopic (exact) mass is 253 g/mol. The molecule has 0 unspecified atom stereocenters. The third-order valence-corrected chi connectivity index (χ3v) is 6.24. The summed E-state index contributed by atoms with van der Waals surface area (Å²) in [5, 5.41) is 1.17. The largest absolute Gasteiger partial charge is 0.394 e. The number of benzene rings is 1. The van der Waals surface area contributed by atoms with Gasteiger partial charge in [-0.3, -0.25) is 0 Å². The van der Waals surface area contributed by atoms with E-state index in [1.54, 1.807) is 14.2 Å². The van der Waals surface area contributed by atoms with Crippen molar-refractivity contribution in [1.82, 2.24) is 0 Å². The molecule has 1 aromatic rings. The molecule has 0 aliphatic heterocycles. The van der Waals surface area contributed by atoms with Crippen molar-refractivity contribution >= 4 is 19.4 Å². The molecule has 0 heterocycles. The van der Waals surface area contributed by atoms with Crippen molar-refractivity contribution in [3.63, 3.8) is 0 Å². The minimum absolute atomic E-state index is 1.03. The van der Waals surface area contributed by atoms with Gasteiger partial charge in [0, 0.05) is 33.0 Å². The molecular formula is C13H23NO2Si. The van der Waals surface area contributed by atoms with Crippen LogP contribution in [0.1, 0.15) is 13.8 Å². The van der Waals surface area contributed by atoms with Gasteiger partial charge in [0.25, 0.3) is 0 Å². The lowest BCUT2D eigenvalue weighted by molar-refractivity contribution is 0.265. The Labute approximate surface area is 106 Å². The molecule has 3 nitrogen and oxygen atoms in total. The Morgan fingerprint density at radius 2 is 1.47 bits per heavy atom. The first-order valence-electron chi connectivity index (χ1n) is 6.07. The Morgan fingerprint density at radius 1 is 1.00 bits per heavy atom. The van der Waals surface area contributed by atoms with E-state index in [-0.39, 0.29) is 0 Å². The maximum Gasteiger partial charge on any atom is 0.368 e. The van der Waals surface area contributed by atoms with Gasteiger partial charge >= 0.3 is 8.56 Å². The molecule has 0 bridgehead atoms. The van der Waals surface area contributed by atoms with Crippen molar-refractivity contribution in [3.8, 4) is 0 Å². The first-order valence-corrected chi connectivity index (χ1v) is 8.38. The van der Waals surface area contributed by atoms with Crippen molar-refractivity contribution in [2.75, 3.05) is 32.2 Å². The molecule has 0 amide bonds. The van der Waals surface area contributed by atoms with Crippen molar-refractivity contribution in [2.24, 2.45) is 0 Å². The van der Waals surface area contributed by atoms with Gasteiger partial charge in [-0.25, -0.2) is 0 Å².